The Morgan fingerprint density at radius 3 is 2.03 bits per heavy atom. The molecule has 8 nitrogen and oxygen atoms in total. The summed E-state index contributed by atoms with van der Waals surface area (Å²) in [7, 11) is 1.57. The van der Waals surface area contributed by atoms with E-state index in [1.165, 1.54) is 9.13 Å². The van der Waals surface area contributed by atoms with E-state index in [1.54, 1.807) is 18.5 Å². The van der Waals surface area contributed by atoms with Gasteiger partial charge < -0.3 is 9.67 Å². The second-order valence-electron chi connectivity index (χ2n) is 7.46. The lowest BCUT2D eigenvalue weighted by Crippen LogP contribution is -2.40. The fraction of sp³-hybridized carbons (Fsp3) is 0.217. The highest BCUT2D eigenvalue weighted by atomic mass is 32.2. The van der Waals surface area contributed by atoms with Gasteiger partial charge in [-0.3, -0.25) is 18.7 Å². The van der Waals surface area contributed by atoms with Crippen LogP contribution in [-0.2, 0) is 24.9 Å². The van der Waals surface area contributed by atoms with Gasteiger partial charge in [-0.05, 0) is 18.1 Å². The van der Waals surface area contributed by atoms with Crippen LogP contribution in [0.25, 0.3) is 11.2 Å². The molecule has 0 saturated carbocycles. The van der Waals surface area contributed by atoms with Crippen molar-refractivity contribution in [2.24, 2.45) is 7.05 Å². The smallest absolute Gasteiger partial charge is 0.332 e. The maximum atomic E-state index is 13.5. The number of nitrogens with zero attached hydrogens (tertiary/aromatic N) is 4. The van der Waals surface area contributed by atoms with E-state index >= 15 is 0 Å². The molecule has 9 heteroatoms. The second-order valence-corrected chi connectivity index (χ2v) is 8.76. The Kier molecular flexibility index (Phi) is 6.00. The van der Waals surface area contributed by atoms with Crippen LogP contribution in [0.15, 0.2) is 75.4 Å². The van der Waals surface area contributed by atoms with Gasteiger partial charge in [-0.25, -0.2) is 9.78 Å². The number of carboxylic acids is 1. The molecule has 0 aliphatic rings. The van der Waals surface area contributed by atoms with E-state index in [9.17, 15) is 19.5 Å². The molecular weight excluding hydrogens is 428 g/mol. The number of aromatic nitrogens is 4. The Bertz CT molecular complexity index is 1390. The number of hydrogen-bond donors (Lipinski definition) is 1. The fourth-order valence-electron chi connectivity index (χ4n) is 3.47. The number of carbonyl (C=O) groups is 1. The molecule has 2 aromatic heterocycles. The third-order valence-electron chi connectivity index (χ3n) is 5.19. The van der Waals surface area contributed by atoms with Gasteiger partial charge in [0.15, 0.2) is 16.3 Å². The topological polar surface area (TPSA) is 99.1 Å². The lowest BCUT2D eigenvalue weighted by molar-refractivity contribution is -0.136. The highest BCUT2D eigenvalue weighted by Gasteiger charge is 2.24. The van der Waals surface area contributed by atoms with Gasteiger partial charge in [-0.2, -0.15) is 0 Å². The average molecular weight is 451 g/mol. The van der Waals surface area contributed by atoms with Crippen molar-refractivity contribution in [3.05, 3.63) is 92.6 Å². The van der Waals surface area contributed by atoms with Crippen LogP contribution in [0.4, 0.5) is 0 Å². The molecule has 1 N–H and O–H groups in total. The first-order valence-electron chi connectivity index (χ1n) is 10.0. The summed E-state index contributed by atoms with van der Waals surface area (Å²) in [6, 6.07) is 18.8. The van der Waals surface area contributed by atoms with E-state index in [0.717, 1.165) is 22.9 Å². The molecule has 0 aliphatic carbocycles. The summed E-state index contributed by atoms with van der Waals surface area (Å²) in [5, 5.41) is 8.99. The van der Waals surface area contributed by atoms with Crippen LogP contribution in [-0.4, -0.2) is 35.0 Å². The first-order valence-corrected chi connectivity index (χ1v) is 10.9. The summed E-state index contributed by atoms with van der Waals surface area (Å²) < 4.78 is 4.24. The Balaban J connectivity index is 1.94. The minimum absolute atomic E-state index is 0.132. The number of hydrogen-bond acceptors (Lipinski definition) is 5. The number of aryl methyl sites for hydroxylation is 1. The minimum Gasteiger partial charge on any atom is -0.480 e. The van der Waals surface area contributed by atoms with Crippen molar-refractivity contribution in [2.45, 2.75) is 30.4 Å². The van der Waals surface area contributed by atoms with Crippen molar-refractivity contribution in [3.63, 3.8) is 0 Å². The maximum Gasteiger partial charge on any atom is 0.332 e. The van der Waals surface area contributed by atoms with Crippen LogP contribution in [0.1, 0.15) is 18.1 Å². The van der Waals surface area contributed by atoms with Crippen molar-refractivity contribution in [3.8, 4) is 0 Å². The summed E-state index contributed by atoms with van der Waals surface area (Å²) in [5.74, 6) is -0.983. The first kappa shape index (κ1) is 21.6. The number of aliphatic carboxylic acids is 1. The minimum atomic E-state index is -0.983. The molecule has 0 saturated heterocycles. The van der Waals surface area contributed by atoms with Gasteiger partial charge in [0.2, 0.25) is 0 Å². The number of thioether (sulfide) groups is 1. The molecule has 1 atom stereocenters. The van der Waals surface area contributed by atoms with Crippen molar-refractivity contribution >= 4 is 28.9 Å². The van der Waals surface area contributed by atoms with Gasteiger partial charge in [0, 0.05) is 7.05 Å². The van der Waals surface area contributed by atoms with Crippen LogP contribution in [0, 0.1) is 0 Å². The Morgan fingerprint density at radius 2 is 1.50 bits per heavy atom. The summed E-state index contributed by atoms with van der Waals surface area (Å²) >= 11 is 1.05. The lowest BCUT2D eigenvalue weighted by atomic mass is 10.2. The lowest BCUT2D eigenvalue weighted by Gasteiger charge is -2.12. The summed E-state index contributed by atoms with van der Waals surface area (Å²) in [4.78, 5) is 42.5. The zero-order valence-corrected chi connectivity index (χ0v) is 18.5. The molecule has 0 bridgehead atoms. The third-order valence-corrected chi connectivity index (χ3v) is 6.27. The Hall–Kier alpha value is -3.59. The molecule has 2 heterocycles. The van der Waals surface area contributed by atoms with Crippen LogP contribution in [0.5, 0.6) is 0 Å². The molecule has 0 radical (unpaired) electrons. The van der Waals surface area contributed by atoms with E-state index in [-0.39, 0.29) is 17.7 Å². The largest absolute Gasteiger partial charge is 0.480 e. The number of imidazole rings is 1. The molecule has 0 fully saturated rings. The molecule has 164 valence electrons. The molecule has 0 amide bonds. The number of benzene rings is 2. The highest BCUT2D eigenvalue weighted by Crippen LogP contribution is 2.26. The van der Waals surface area contributed by atoms with E-state index < -0.39 is 22.5 Å². The van der Waals surface area contributed by atoms with Crippen LogP contribution in [0.2, 0.25) is 0 Å². The number of rotatable bonds is 7. The van der Waals surface area contributed by atoms with Crippen LogP contribution >= 0.6 is 11.8 Å². The molecular formula is C23H22N4O4S. The molecule has 2 aromatic carbocycles. The monoisotopic (exact) mass is 450 g/mol. The molecule has 4 rings (SSSR count). The van der Waals surface area contributed by atoms with Gasteiger partial charge in [-0.15, -0.1) is 0 Å². The summed E-state index contributed by atoms with van der Waals surface area (Å²) in [6.45, 7) is 2.02. The van der Waals surface area contributed by atoms with Gasteiger partial charge in [0.1, 0.15) is 5.25 Å². The van der Waals surface area contributed by atoms with Gasteiger partial charge in [-0.1, -0.05) is 72.4 Å². The maximum absolute atomic E-state index is 13.5. The first-order chi connectivity index (χ1) is 15.4. The van der Waals surface area contributed by atoms with E-state index in [0.29, 0.717) is 11.7 Å². The van der Waals surface area contributed by atoms with Crippen molar-refractivity contribution in [2.75, 3.05) is 0 Å². The average Bonchev–Trinajstić information content (AvgIpc) is 3.14. The quantitative estimate of drug-likeness (QED) is 0.435. The zero-order valence-electron chi connectivity index (χ0n) is 17.6. The highest BCUT2D eigenvalue weighted by molar-refractivity contribution is 8.00. The molecule has 0 aliphatic heterocycles. The zero-order chi connectivity index (χ0) is 22.8. The van der Waals surface area contributed by atoms with Crippen molar-refractivity contribution < 1.29 is 9.90 Å². The Labute approximate surface area is 187 Å². The summed E-state index contributed by atoms with van der Waals surface area (Å²) in [5.41, 5.74) is 1.34. The summed E-state index contributed by atoms with van der Waals surface area (Å²) in [6.07, 6.45) is 0. The molecule has 0 unspecified atom stereocenters. The SMILES string of the molecule is C[C@H](Sc1nc2c(c(=O)n(Cc3ccccc3)c(=O)n2C)n1Cc1ccccc1)C(=O)O. The van der Waals surface area contributed by atoms with Crippen LogP contribution in [0.3, 0.4) is 0 Å². The van der Waals surface area contributed by atoms with E-state index in [4.69, 9.17) is 0 Å². The third kappa shape index (κ3) is 4.11. The van der Waals surface area contributed by atoms with Gasteiger partial charge in [0.25, 0.3) is 5.56 Å². The standard InChI is InChI=1S/C23H22N4O4S/c1-15(21(29)30)32-22-24-19-18(26(22)13-16-9-5-3-6-10-16)20(28)27(23(31)25(19)2)14-17-11-7-4-8-12-17/h3-12,15H,13-14H2,1-2H3,(H,29,30)/t15-/m0/s1. The van der Waals surface area contributed by atoms with Crippen molar-refractivity contribution in [1.29, 1.82) is 0 Å². The molecule has 0 spiro atoms. The molecule has 4 aromatic rings. The van der Waals surface area contributed by atoms with Crippen LogP contribution < -0.4 is 11.2 Å². The second kappa shape index (κ2) is 8.88. The number of fused-ring (bicyclic) bond motifs is 1. The predicted molar refractivity (Wildman–Crippen MR) is 123 cm³/mol. The van der Waals surface area contributed by atoms with E-state index in [2.05, 4.69) is 4.98 Å². The normalized spacial score (nSPS) is 12.2. The number of carboxylic acid groups (broad SMARTS) is 1. The molecule has 32 heavy (non-hydrogen) atoms. The Morgan fingerprint density at radius 1 is 0.969 bits per heavy atom. The van der Waals surface area contributed by atoms with Gasteiger partial charge in [0.05, 0.1) is 13.1 Å². The van der Waals surface area contributed by atoms with E-state index in [1.807, 2.05) is 60.7 Å². The van der Waals surface area contributed by atoms with Crippen molar-refractivity contribution in [1.82, 2.24) is 18.7 Å². The predicted octanol–water partition coefficient (Wildman–Crippen LogP) is 2.56. The van der Waals surface area contributed by atoms with Gasteiger partial charge >= 0.3 is 11.7 Å². The fourth-order valence-corrected chi connectivity index (χ4v) is 4.31.